The monoisotopic (exact) mass is 485 g/mol. The molecule has 3 aromatic carbocycles. The van der Waals surface area contributed by atoms with Crippen molar-refractivity contribution in [2.75, 3.05) is 14.2 Å². The first-order valence-electron chi connectivity index (χ1n) is 11.5. The summed E-state index contributed by atoms with van der Waals surface area (Å²) in [5.74, 6) is 0.0763. The highest BCUT2D eigenvalue weighted by atomic mass is 16.5. The summed E-state index contributed by atoms with van der Waals surface area (Å²) in [4.78, 5) is 25.8. The smallest absolute Gasteiger partial charge is 0.287 e. The maximum atomic E-state index is 13.0. The Labute approximate surface area is 211 Å². The van der Waals surface area contributed by atoms with Gasteiger partial charge in [-0.2, -0.15) is 5.10 Å². The SMILES string of the molecule is COc1ccc(/C=C(\NC(=O)c2ccccc2)C(=O)NN=Cc2ccc(C(C)(C)C)cc2)c(OC)c1. The lowest BCUT2D eigenvalue weighted by molar-refractivity contribution is -0.117. The van der Waals surface area contributed by atoms with Gasteiger partial charge in [0, 0.05) is 17.2 Å². The molecule has 3 aromatic rings. The van der Waals surface area contributed by atoms with Crippen LogP contribution in [0, 0.1) is 0 Å². The number of hydrogen-bond acceptors (Lipinski definition) is 5. The molecule has 3 rings (SSSR count). The summed E-state index contributed by atoms with van der Waals surface area (Å²) in [5, 5.41) is 6.76. The van der Waals surface area contributed by atoms with Gasteiger partial charge in [-0.1, -0.05) is 63.2 Å². The molecule has 0 saturated heterocycles. The van der Waals surface area contributed by atoms with Crippen LogP contribution in [0.3, 0.4) is 0 Å². The zero-order valence-electron chi connectivity index (χ0n) is 21.2. The minimum Gasteiger partial charge on any atom is -0.497 e. The van der Waals surface area contributed by atoms with Crippen molar-refractivity contribution < 1.29 is 19.1 Å². The number of carbonyl (C=O) groups is 2. The Morgan fingerprint density at radius 3 is 2.19 bits per heavy atom. The van der Waals surface area contributed by atoms with Crippen LogP contribution in [0.4, 0.5) is 0 Å². The number of amides is 2. The number of hydrogen-bond donors (Lipinski definition) is 2. The predicted octanol–water partition coefficient (Wildman–Crippen LogP) is 4.92. The first-order chi connectivity index (χ1) is 17.2. The largest absolute Gasteiger partial charge is 0.497 e. The predicted molar refractivity (Wildman–Crippen MR) is 142 cm³/mol. The number of carbonyl (C=O) groups excluding carboxylic acids is 2. The van der Waals surface area contributed by atoms with Crippen LogP contribution in [0.2, 0.25) is 0 Å². The second-order valence-electron chi connectivity index (χ2n) is 9.06. The van der Waals surface area contributed by atoms with Crippen LogP contribution < -0.4 is 20.2 Å². The van der Waals surface area contributed by atoms with Crippen LogP contribution in [0.15, 0.2) is 83.6 Å². The molecule has 2 amide bonds. The zero-order chi connectivity index (χ0) is 26.1. The quantitative estimate of drug-likeness (QED) is 0.269. The van der Waals surface area contributed by atoms with E-state index in [9.17, 15) is 9.59 Å². The normalized spacial score (nSPS) is 11.8. The first-order valence-corrected chi connectivity index (χ1v) is 11.5. The van der Waals surface area contributed by atoms with E-state index in [4.69, 9.17) is 9.47 Å². The van der Waals surface area contributed by atoms with Gasteiger partial charge in [0.1, 0.15) is 17.2 Å². The van der Waals surface area contributed by atoms with Crippen LogP contribution in [-0.4, -0.2) is 32.2 Å². The van der Waals surface area contributed by atoms with E-state index in [0.717, 1.165) is 5.56 Å². The summed E-state index contributed by atoms with van der Waals surface area (Å²) in [7, 11) is 3.07. The van der Waals surface area contributed by atoms with Gasteiger partial charge in [0.05, 0.1) is 20.4 Å². The molecule has 7 heteroatoms. The Morgan fingerprint density at radius 2 is 1.58 bits per heavy atom. The van der Waals surface area contributed by atoms with Crippen molar-refractivity contribution in [2.24, 2.45) is 5.10 Å². The molecule has 0 aromatic heterocycles. The standard InChI is InChI=1S/C29H31N3O4/c1-29(2,3)23-14-11-20(12-15-23)19-30-32-28(34)25(31-27(33)21-9-7-6-8-10-21)17-22-13-16-24(35-4)18-26(22)36-5/h6-19H,1-5H3,(H,31,33)(H,32,34)/b25-17-,30-19?. The van der Waals surface area contributed by atoms with Gasteiger partial charge in [-0.15, -0.1) is 0 Å². The molecule has 0 aliphatic heterocycles. The van der Waals surface area contributed by atoms with Crippen molar-refractivity contribution in [1.29, 1.82) is 0 Å². The van der Waals surface area contributed by atoms with Gasteiger partial charge >= 0.3 is 0 Å². The van der Waals surface area contributed by atoms with Crippen molar-refractivity contribution >= 4 is 24.1 Å². The Bertz CT molecular complexity index is 1260. The maximum Gasteiger partial charge on any atom is 0.287 e. The molecule has 0 aliphatic rings. The second-order valence-corrected chi connectivity index (χ2v) is 9.06. The second kappa shape index (κ2) is 11.8. The van der Waals surface area contributed by atoms with Gasteiger partial charge in [-0.05, 0) is 46.9 Å². The van der Waals surface area contributed by atoms with Crippen molar-refractivity contribution in [3.63, 3.8) is 0 Å². The number of rotatable bonds is 8. The van der Waals surface area contributed by atoms with E-state index in [2.05, 4.69) is 36.6 Å². The molecule has 0 spiro atoms. The highest BCUT2D eigenvalue weighted by Crippen LogP contribution is 2.26. The minimum atomic E-state index is -0.584. The van der Waals surface area contributed by atoms with Crippen molar-refractivity contribution in [1.82, 2.24) is 10.7 Å². The van der Waals surface area contributed by atoms with Gasteiger partial charge in [0.15, 0.2) is 0 Å². The number of ether oxygens (including phenoxy) is 2. The fourth-order valence-electron chi connectivity index (χ4n) is 3.33. The molecule has 0 saturated carbocycles. The van der Waals surface area contributed by atoms with Gasteiger partial charge in [0.2, 0.25) is 0 Å². The van der Waals surface area contributed by atoms with E-state index in [1.165, 1.54) is 18.7 Å². The lowest BCUT2D eigenvalue weighted by atomic mass is 9.87. The number of nitrogens with one attached hydrogen (secondary N) is 2. The van der Waals surface area contributed by atoms with E-state index in [1.54, 1.807) is 55.8 Å². The van der Waals surface area contributed by atoms with E-state index in [-0.39, 0.29) is 11.1 Å². The Morgan fingerprint density at radius 1 is 0.889 bits per heavy atom. The molecule has 186 valence electrons. The van der Waals surface area contributed by atoms with Crippen LogP contribution in [0.1, 0.15) is 47.8 Å². The number of nitrogens with zero attached hydrogens (tertiary/aromatic N) is 1. The van der Waals surface area contributed by atoms with E-state index >= 15 is 0 Å². The third kappa shape index (κ3) is 7.06. The Hall–Kier alpha value is -4.39. The summed E-state index contributed by atoms with van der Waals surface area (Å²) in [6, 6.07) is 21.7. The molecular weight excluding hydrogens is 454 g/mol. The van der Waals surface area contributed by atoms with Crippen LogP contribution in [0.25, 0.3) is 6.08 Å². The summed E-state index contributed by atoms with van der Waals surface area (Å²) in [6.45, 7) is 6.43. The number of benzene rings is 3. The molecule has 0 atom stereocenters. The average molecular weight is 486 g/mol. The third-order valence-corrected chi connectivity index (χ3v) is 5.43. The van der Waals surface area contributed by atoms with Crippen LogP contribution >= 0.6 is 0 Å². The van der Waals surface area contributed by atoms with E-state index < -0.39 is 11.8 Å². The molecule has 0 radical (unpaired) electrons. The van der Waals surface area contributed by atoms with Crippen molar-refractivity contribution in [3.05, 3.63) is 101 Å². The molecule has 0 bridgehead atoms. The van der Waals surface area contributed by atoms with Crippen molar-refractivity contribution in [2.45, 2.75) is 26.2 Å². The average Bonchev–Trinajstić information content (AvgIpc) is 2.88. The third-order valence-electron chi connectivity index (χ3n) is 5.43. The molecule has 0 fully saturated rings. The zero-order valence-corrected chi connectivity index (χ0v) is 21.2. The molecule has 36 heavy (non-hydrogen) atoms. The van der Waals surface area contributed by atoms with Gasteiger partial charge in [0.25, 0.3) is 11.8 Å². The molecule has 0 aliphatic carbocycles. The van der Waals surface area contributed by atoms with Gasteiger partial charge < -0.3 is 14.8 Å². The Balaban J connectivity index is 1.84. The molecular formula is C29H31N3O4. The maximum absolute atomic E-state index is 13.0. The molecule has 0 unspecified atom stereocenters. The lowest BCUT2D eigenvalue weighted by Crippen LogP contribution is -2.32. The number of hydrazone groups is 1. The molecule has 2 N–H and O–H groups in total. The number of methoxy groups -OCH3 is 2. The minimum absolute atomic E-state index is 0.00699. The van der Waals surface area contributed by atoms with E-state index in [1.807, 2.05) is 30.3 Å². The summed E-state index contributed by atoms with van der Waals surface area (Å²) in [5.41, 5.74) is 5.58. The fraction of sp³-hybridized carbons (Fsp3) is 0.207. The van der Waals surface area contributed by atoms with Gasteiger partial charge in [-0.25, -0.2) is 5.43 Å². The highest BCUT2D eigenvalue weighted by molar-refractivity contribution is 6.05. The summed E-state index contributed by atoms with van der Waals surface area (Å²) < 4.78 is 10.7. The van der Waals surface area contributed by atoms with Gasteiger partial charge in [-0.3, -0.25) is 9.59 Å². The van der Waals surface area contributed by atoms with E-state index in [0.29, 0.717) is 22.6 Å². The van der Waals surface area contributed by atoms with Crippen LogP contribution in [0.5, 0.6) is 11.5 Å². The summed E-state index contributed by atoms with van der Waals surface area (Å²) >= 11 is 0. The highest BCUT2D eigenvalue weighted by Gasteiger charge is 2.16. The topological polar surface area (TPSA) is 89.0 Å². The summed E-state index contributed by atoms with van der Waals surface area (Å²) in [6.07, 6.45) is 3.08. The first kappa shape index (κ1) is 26.2. The van der Waals surface area contributed by atoms with Crippen LogP contribution in [-0.2, 0) is 10.2 Å². The molecule has 7 nitrogen and oxygen atoms in total. The fourth-order valence-corrected chi connectivity index (χ4v) is 3.33. The lowest BCUT2D eigenvalue weighted by Gasteiger charge is -2.18. The van der Waals surface area contributed by atoms with Crippen molar-refractivity contribution in [3.8, 4) is 11.5 Å². The Kier molecular flexibility index (Phi) is 8.62. The molecule has 0 heterocycles.